The van der Waals surface area contributed by atoms with Gasteiger partial charge in [-0.25, -0.2) is 4.79 Å². The third-order valence-corrected chi connectivity index (χ3v) is 2.89. The van der Waals surface area contributed by atoms with Gasteiger partial charge in [-0.15, -0.1) is 0 Å². The Morgan fingerprint density at radius 3 is 2.74 bits per heavy atom. The van der Waals surface area contributed by atoms with Crippen molar-refractivity contribution in [3.63, 3.8) is 0 Å². The zero-order valence-electron chi connectivity index (χ0n) is 9.80. The first-order chi connectivity index (χ1) is 9.08. The van der Waals surface area contributed by atoms with Crippen molar-refractivity contribution in [1.82, 2.24) is 9.55 Å². The molecule has 0 saturated carbocycles. The predicted molar refractivity (Wildman–Crippen MR) is 60.3 cm³/mol. The summed E-state index contributed by atoms with van der Waals surface area (Å²) in [5.41, 5.74) is -1.31. The van der Waals surface area contributed by atoms with Gasteiger partial charge in [0.1, 0.15) is 25.1 Å². The number of aliphatic hydroxyl groups is 3. The highest BCUT2D eigenvalue weighted by molar-refractivity contribution is 4.93. The Labute approximate surface area is 106 Å². The van der Waals surface area contributed by atoms with E-state index in [1.165, 1.54) is 6.20 Å². The summed E-state index contributed by atoms with van der Waals surface area (Å²) in [7, 11) is 0. The zero-order chi connectivity index (χ0) is 14.0. The molecule has 0 radical (unpaired) electrons. The predicted octanol–water partition coefficient (Wildman–Crippen LogP) is -2.88. The molecule has 2 unspecified atom stereocenters. The SMILES string of the molecule is O=c1ccn([C@H]2O[C@@H](CO)C(O)C2OCO)c(=O)[nH]1. The van der Waals surface area contributed by atoms with Crippen molar-refractivity contribution < 1.29 is 24.8 Å². The van der Waals surface area contributed by atoms with E-state index < -0.39 is 49.2 Å². The Kier molecular flexibility index (Phi) is 4.12. The zero-order valence-corrected chi connectivity index (χ0v) is 9.80. The topological polar surface area (TPSA) is 134 Å². The van der Waals surface area contributed by atoms with Crippen molar-refractivity contribution in [2.45, 2.75) is 24.5 Å². The molecular weight excluding hydrogens is 260 g/mol. The van der Waals surface area contributed by atoms with Gasteiger partial charge in [-0.2, -0.15) is 0 Å². The number of aromatic amines is 1. The van der Waals surface area contributed by atoms with E-state index in [0.29, 0.717) is 0 Å². The number of nitrogens with zero attached hydrogens (tertiary/aromatic N) is 1. The van der Waals surface area contributed by atoms with Crippen LogP contribution < -0.4 is 11.2 Å². The molecule has 1 aliphatic heterocycles. The van der Waals surface area contributed by atoms with Crippen LogP contribution in [0.15, 0.2) is 21.9 Å². The minimum atomic E-state index is -1.21. The van der Waals surface area contributed by atoms with Crippen molar-refractivity contribution in [2.24, 2.45) is 0 Å². The summed E-state index contributed by atoms with van der Waals surface area (Å²) in [5.74, 6) is 0. The molecule has 19 heavy (non-hydrogen) atoms. The first kappa shape index (κ1) is 13.9. The van der Waals surface area contributed by atoms with Crippen LogP contribution in [0.1, 0.15) is 6.23 Å². The highest BCUT2D eigenvalue weighted by Crippen LogP contribution is 2.30. The van der Waals surface area contributed by atoms with E-state index in [9.17, 15) is 14.7 Å². The number of rotatable bonds is 4. The number of H-pyrrole nitrogens is 1. The Balaban J connectivity index is 2.36. The van der Waals surface area contributed by atoms with Gasteiger partial charge in [-0.1, -0.05) is 0 Å². The molecule has 4 N–H and O–H groups in total. The number of hydrogen-bond acceptors (Lipinski definition) is 7. The number of aromatic nitrogens is 2. The van der Waals surface area contributed by atoms with E-state index in [2.05, 4.69) is 0 Å². The van der Waals surface area contributed by atoms with E-state index in [0.717, 1.165) is 10.6 Å². The molecule has 4 atom stereocenters. The molecule has 1 saturated heterocycles. The first-order valence-corrected chi connectivity index (χ1v) is 5.56. The maximum Gasteiger partial charge on any atom is 0.330 e. The molecule has 1 aromatic heterocycles. The fourth-order valence-corrected chi connectivity index (χ4v) is 1.99. The van der Waals surface area contributed by atoms with Gasteiger partial charge in [0.05, 0.1) is 6.61 Å². The van der Waals surface area contributed by atoms with Gasteiger partial charge in [0.15, 0.2) is 6.23 Å². The van der Waals surface area contributed by atoms with E-state index in [1.54, 1.807) is 0 Å². The normalized spacial score (nSPS) is 30.7. The molecule has 0 bridgehead atoms. The van der Waals surface area contributed by atoms with Gasteiger partial charge in [0.2, 0.25) is 0 Å². The number of nitrogens with one attached hydrogen (secondary N) is 1. The number of hydrogen-bond donors (Lipinski definition) is 4. The summed E-state index contributed by atoms with van der Waals surface area (Å²) in [6.07, 6.45) is -3.05. The van der Waals surface area contributed by atoms with Crippen molar-refractivity contribution in [3.8, 4) is 0 Å². The van der Waals surface area contributed by atoms with Gasteiger partial charge in [-0.3, -0.25) is 14.3 Å². The average molecular weight is 274 g/mol. The summed E-state index contributed by atoms with van der Waals surface area (Å²) in [6, 6.07) is 1.11. The second-order valence-electron chi connectivity index (χ2n) is 4.02. The summed E-state index contributed by atoms with van der Waals surface area (Å²) < 4.78 is 11.2. The Hall–Kier alpha value is -1.52. The lowest BCUT2D eigenvalue weighted by Gasteiger charge is -2.20. The molecule has 0 aromatic carbocycles. The second-order valence-corrected chi connectivity index (χ2v) is 4.02. The highest BCUT2D eigenvalue weighted by Gasteiger charge is 2.45. The molecular formula is C10H14N2O7. The molecule has 2 rings (SSSR count). The monoisotopic (exact) mass is 274 g/mol. The fraction of sp³-hybridized carbons (Fsp3) is 0.600. The van der Waals surface area contributed by atoms with Crippen LogP contribution in [0.5, 0.6) is 0 Å². The van der Waals surface area contributed by atoms with Crippen LogP contribution in [0.2, 0.25) is 0 Å². The van der Waals surface area contributed by atoms with Gasteiger partial charge in [0, 0.05) is 12.3 Å². The Bertz CT molecular complexity index is 539. The van der Waals surface area contributed by atoms with Crippen LogP contribution in [0.25, 0.3) is 0 Å². The van der Waals surface area contributed by atoms with Crippen LogP contribution in [0.4, 0.5) is 0 Å². The largest absolute Gasteiger partial charge is 0.394 e. The molecule has 1 fully saturated rings. The molecule has 9 nitrogen and oxygen atoms in total. The van der Waals surface area contributed by atoms with Gasteiger partial charge >= 0.3 is 5.69 Å². The number of aliphatic hydroxyl groups excluding tert-OH is 3. The van der Waals surface area contributed by atoms with Crippen LogP contribution >= 0.6 is 0 Å². The highest BCUT2D eigenvalue weighted by atomic mass is 16.6. The lowest BCUT2D eigenvalue weighted by Crippen LogP contribution is -2.39. The molecule has 0 spiro atoms. The summed E-state index contributed by atoms with van der Waals surface area (Å²) >= 11 is 0. The molecule has 0 aliphatic carbocycles. The second kappa shape index (κ2) is 5.63. The Morgan fingerprint density at radius 2 is 2.16 bits per heavy atom. The molecule has 0 amide bonds. The summed E-state index contributed by atoms with van der Waals surface area (Å²) in [6.45, 7) is -1.15. The summed E-state index contributed by atoms with van der Waals surface area (Å²) in [4.78, 5) is 24.7. The van der Waals surface area contributed by atoms with Crippen LogP contribution in [-0.4, -0.2) is 56.6 Å². The molecule has 106 valence electrons. The lowest BCUT2D eigenvalue weighted by molar-refractivity contribution is -0.118. The van der Waals surface area contributed by atoms with Crippen LogP contribution in [0.3, 0.4) is 0 Å². The minimum absolute atomic E-state index is 0.471. The maximum atomic E-state index is 11.6. The minimum Gasteiger partial charge on any atom is -0.394 e. The smallest absolute Gasteiger partial charge is 0.330 e. The summed E-state index contributed by atoms with van der Waals surface area (Å²) in [5, 5.41) is 27.7. The van der Waals surface area contributed by atoms with Crippen molar-refractivity contribution in [1.29, 1.82) is 0 Å². The van der Waals surface area contributed by atoms with Crippen LogP contribution in [-0.2, 0) is 9.47 Å². The molecule has 9 heteroatoms. The first-order valence-electron chi connectivity index (χ1n) is 5.56. The standard InChI is InChI=1S/C10H14N2O7/c13-3-5-7(16)8(18-4-14)9(19-5)12-2-1-6(15)11-10(12)17/h1-2,5,7-9,13-14,16H,3-4H2,(H,11,15,17)/t5-,7?,8?,9-/m0/s1. The van der Waals surface area contributed by atoms with Gasteiger partial charge in [0.25, 0.3) is 5.56 Å². The van der Waals surface area contributed by atoms with Crippen molar-refractivity contribution in [3.05, 3.63) is 33.1 Å². The van der Waals surface area contributed by atoms with Crippen LogP contribution in [0, 0.1) is 0 Å². The molecule has 2 heterocycles. The fourth-order valence-electron chi connectivity index (χ4n) is 1.99. The van der Waals surface area contributed by atoms with Crippen molar-refractivity contribution in [2.75, 3.05) is 13.4 Å². The van der Waals surface area contributed by atoms with Crippen molar-refractivity contribution >= 4 is 0 Å². The van der Waals surface area contributed by atoms with E-state index in [1.807, 2.05) is 4.98 Å². The molecule has 1 aliphatic rings. The lowest BCUT2D eigenvalue weighted by atomic mass is 10.1. The van der Waals surface area contributed by atoms with Gasteiger partial charge in [-0.05, 0) is 0 Å². The third-order valence-electron chi connectivity index (χ3n) is 2.89. The maximum absolute atomic E-state index is 11.6. The quantitative estimate of drug-likeness (QED) is 0.433. The van der Waals surface area contributed by atoms with E-state index in [-0.39, 0.29) is 0 Å². The van der Waals surface area contributed by atoms with E-state index >= 15 is 0 Å². The Morgan fingerprint density at radius 1 is 1.42 bits per heavy atom. The third kappa shape index (κ3) is 2.60. The van der Waals surface area contributed by atoms with Gasteiger partial charge < -0.3 is 24.8 Å². The average Bonchev–Trinajstić information content (AvgIpc) is 2.68. The molecule has 1 aromatic rings. The van der Waals surface area contributed by atoms with E-state index in [4.69, 9.17) is 19.7 Å². The number of ether oxygens (including phenoxy) is 2.